The third kappa shape index (κ3) is 2.92. The Hall–Kier alpha value is -1.28. The van der Waals surface area contributed by atoms with Crippen LogP contribution in [0.15, 0.2) is 36.9 Å². The summed E-state index contributed by atoms with van der Waals surface area (Å²) in [4.78, 5) is 0. The van der Waals surface area contributed by atoms with Gasteiger partial charge in [-0.15, -0.1) is 0 Å². The first-order valence-corrected chi connectivity index (χ1v) is 4.34. The van der Waals surface area contributed by atoms with Crippen LogP contribution in [0, 0.1) is 0 Å². The van der Waals surface area contributed by atoms with E-state index in [1.165, 1.54) is 0 Å². The summed E-state index contributed by atoms with van der Waals surface area (Å²) in [5, 5.41) is 0. The molecule has 2 N–H and O–H groups in total. The van der Waals surface area contributed by atoms with Gasteiger partial charge in [0.2, 0.25) is 0 Å². The molecular formula is C11H15NO. The van der Waals surface area contributed by atoms with Gasteiger partial charge < -0.3 is 10.5 Å². The predicted octanol–water partition coefficient (Wildman–Crippen LogP) is 2.10. The molecule has 0 aliphatic heterocycles. The molecule has 1 atom stereocenters. The van der Waals surface area contributed by atoms with Gasteiger partial charge in [-0.1, -0.05) is 24.8 Å². The Morgan fingerprint density at radius 2 is 2.08 bits per heavy atom. The zero-order chi connectivity index (χ0) is 9.68. The van der Waals surface area contributed by atoms with Crippen LogP contribution in [0.4, 0.5) is 0 Å². The SMILES string of the molecule is C=CC(C)Oc1ccc(CN)cc1. The normalized spacial score (nSPS) is 12.2. The summed E-state index contributed by atoms with van der Waals surface area (Å²) in [7, 11) is 0. The summed E-state index contributed by atoms with van der Waals surface area (Å²) in [6.45, 7) is 6.16. The maximum Gasteiger partial charge on any atom is 0.120 e. The fraction of sp³-hybridized carbons (Fsp3) is 0.273. The summed E-state index contributed by atoms with van der Waals surface area (Å²) in [5.74, 6) is 0.851. The number of hydrogen-bond donors (Lipinski definition) is 1. The molecule has 0 heterocycles. The molecule has 13 heavy (non-hydrogen) atoms. The van der Waals surface area contributed by atoms with E-state index in [1.807, 2.05) is 31.2 Å². The highest BCUT2D eigenvalue weighted by Gasteiger charge is 1.97. The van der Waals surface area contributed by atoms with Crippen LogP contribution in [0.2, 0.25) is 0 Å². The zero-order valence-corrected chi connectivity index (χ0v) is 7.86. The summed E-state index contributed by atoms with van der Waals surface area (Å²) < 4.78 is 5.50. The van der Waals surface area contributed by atoms with Crippen LogP contribution in [0.1, 0.15) is 12.5 Å². The molecule has 0 amide bonds. The lowest BCUT2D eigenvalue weighted by molar-refractivity contribution is 0.270. The number of hydrogen-bond acceptors (Lipinski definition) is 2. The van der Waals surface area contributed by atoms with E-state index in [4.69, 9.17) is 10.5 Å². The largest absolute Gasteiger partial charge is 0.487 e. The van der Waals surface area contributed by atoms with Gasteiger partial charge in [-0.3, -0.25) is 0 Å². The standard InChI is InChI=1S/C11H15NO/c1-3-9(2)13-11-6-4-10(8-12)5-7-11/h3-7,9H,1,8,12H2,2H3. The van der Waals surface area contributed by atoms with E-state index in [1.54, 1.807) is 6.08 Å². The second-order valence-corrected chi connectivity index (χ2v) is 2.91. The fourth-order valence-corrected chi connectivity index (χ4v) is 0.967. The van der Waals surface area contributed by atoms with Gasteiger partial charge >= 0.3 is 0 Å². The molecule has 2 heteroatoms. The van der Waals surface area contributed by atoms with Crippen molar-refractivity contribution in [2.75, 3.05) is 0 Å². The average Bonchev–Trinajstić information content (AvgIpc) is 2.19. The highest BCUT2D eigenvalue weighted by Crippen LogP contribution is 2.13. The number of ether oxygens (including phenoxy) is 1. The molecule has 0 saturated heterocycles. The van der Waals surface area contributed by atoms with Crippen LogP contribution >= 0.6 is 0 Å². The van der Waals surface area contributed by atoms with E-state index in [2.05, 4.69) is 6.58 Å². The topological polar surface area (TPSA) is 35.2 Å². The predicted molar refractivity (Wildman–Crippen MR) is 54.6 cm³/mol. The minimum Gasteiger partial charge on any atom is -0.487 e. The van der Waals surface area contributed by atoms with Gasteiger partial charge in [0.1, 0.15) is 11.9 Å². The van der Waals surface area contributed by atoms with Gasteiger partial charge in [-0.2, -0.15) is 0 Å². The van der Waals surface area contributed by atoms with Crippen molar-refractivity contribution >= 4 is 0 Å². The first kappa shape index (κ1) is 9.81. The van der Waals surface area contributed by atoms with E-state index in [0.29, 0.717) is 6.54 Å². The monoisotopic (exact) mass is 177 g/mol. The molecule has 0 radical (unpaired) electrons. The van der Waals surface area contributed by atoms with Crippen LogP contribution in [0.5, 0.6) is 5.75 Å². The Morgan fingerprint density at radius 3 is 2.54 bits per heavy atom. The number of nitrogens with two attached hydrogens (primary N) is 1. The first-order valence-electron chi connectivity index (χ1n) is 4.34. The van der Waals surface area contributed by atoms with E-state index in [9.17, 15) is 0 Å². The van der Waals surface area contributed by atoms with Crippen LogP contribution in [0.25, 0.3) is 0 Å². The van der Waals surface area contributed by atoms with E-state index < -0.39 is 0 Å². The number of rotatable bonds is 4. The van der Waals surface area contributed by atoms with Crippen molar-refractivity contribution in [1.29, 1.82) is 0 Å². The molecule has 1 aromatic carbocycles. The van der Waals surface area contributed by atoms with Crippen molar-refractivity contribution in [1.82, 2.24) is 0 Å². The summed E-state index contributed by atoms with van der Waals surface area (Å²) in [6.07, 6.45) is 1.81. The number of benzene rings is 1. The molecule has 0 fully saturated rings. The Kier molecular flexibility index (Phi) is 3.53. The second-order valence-electron chi connectivity index (χ2n) is 2.91. The summed E-state index contributed by atoms with van der Waals surface area (Å²) in [6, 6.07) is 7.76. The Morgan fingerprint density at radius 1 is 1.46 bits per heavy atom. The highest BCUT2D eigenvalue weighted by atomic mass is 16.5. The van der Waals surface area contributed by atoms with Crippen molar-refractivity contribution in [3.63, 3.8) is 0 Å². The van der Waals surface area contributed by atoms with E-state index in [-0.39, 0.29) is 6.10 Å². The maximum absolute atomic E-state index is 5.50. The quantitative estimate of drug-likeness (QED) is 0.715. The van der Waals surface area contributed by atoms with Crippen LogP contribution < -0.4 is 10.5 Å². The molecular weight excluding hydrogens is 162 g/mol. The summed E-state index contributed by atoms with van der Waals surface area (Å²) >= 11 is 0. The molecule has 0 aliphatic carbocycles. The fourth-order valence-electron chi connectivity index (χ4n) is 0.967. The highest BCUT2D eigenvalue weighted by molar-refractivity contribution is 5.27. The van der Waals surface area contributed by atoms with Gasteiger partial charge in [-0.25, -0.2) is 0 Å². The molecule has 0 aromatic heterocycles. The summed E-state index contributed by atoms with van der Waals surface area (Å²) in [5.41, 5.74) is 6.58. The van der Waals surface area contributed by atoms with Gasteiger partial charge in [0.05, 0.1) is 0 Å². The van der Waals surface area contributed by atoms with E-state index >= 15 is 0 Å². The lowest BCUT2D eigenvalue weighted by Gasteiger charge is -2.10. The minimum atomic E-state index is 0.0451. The molecule has 0 saturated carbocycles. The van der Waals surface area contributed by atoms with Gasteiger partial charge in [-0.05, 0) is 24.6 Å². The lowest BCUT2D eigenvalue weighted by atomic mass is 10.2. The maximum atomic E-state index is 5.50. The lowest BCUT2D eigenvalue weighted by Crippen LogP contribution is -2.07. The smallest absolute Gasteiger partial charge is 0.120 e. The Balaban J connectivity index is 2.63. The average molecular weight is 177 g/mol. The second kappa shape index (κ2) is 4.67. The van der Waals surface area contributed by atoms with Crippen molar-refractivity contribution in [3.8, 4) is 5.75 Å². The van der Waals surface area contributed by atoms with Gasteiger partial charge in [0.15, 0.2) is 0 Å². The third-order valence-corrected chi connectivity index (χ3v) is 1.81. The molecule has 70 valence electrons. The molecule has 0 aliphatic rings. The van der Waals surface area contributed by atoms with Gasteiger partial charge in [0.25, 0.3) is 0 Å². The van der Waals surface area contributed by atoms with Crippen molar-refractivity contribution in [2.24, 2.45) is 5.73 Å². The Bertz CT molecular complexity index is 266. The first-order chi connectivity index (χ1) is 6.26. The van der Waals surface area contributed by atoms with Crippen LogP contribution in [0.3, 0.4) is 0 Å². The molecule has 0 spiro atoms. The van der Waals surface area contributed by atoms with Crippen LogP contribution in [-0.4, -0.2) is 6.10 Å². The Labute approximate surface area is 79.0 Å². The van der Waals surface area contributed by atoms with Crippen molar-refractivity contribution in [2.45, 2.75) is 19.6 Å². The third-order valence-electron chi connectivity index (χ3n) is 1.81. The van der Waals surface area contributed by atoms with Crippen molar-refractivity contribution in [3.05, 3.63) is 42.5 Å². The van der Waals surface area contributed by atoms with E-state index in [0.717, 1.165) is 11.3 Å². The van der Waals surface area contributed by atoms with Gasteiger partial charge in [0, 0.05) is 6.54 Å². The van der Waals surface area contributed by atoms with Crippen LogP contribution in [-0.2, 0) is 6.54 Å². The van der Waals surface area contributed by atoms with Crippen molar-refractivity contribution < 1.29 is 4.74 Å². The minimum absolute atomic E-state index is 0.0451. The zero-order valence-electron chi connectivity index (χ0n) is 7.86. The molecule has 1 aromatic rings. The molecule has 1 unspecified atom stereocenters. The molecule has 2 nitrogen and oxygen atoms in total. The molecule has 1 rings (SSSR count). The molecule has 0 bridgehead atoms.